The van der Waals surface area contributed by atoms with Crippen molar-refractivity contribution in [1.82, 2.24) is 9.97 Å². The Bertz CT molecular complexity index is 1090. The number of anilines is 1. The van der Waals surface area contributed by atoms with Crippen LogP contribution in [0.5, 0.6) is 34.8 Å². The van der Waals surface area contributed by atoms with Crippen LogP contribution in [0.15, 0.2) is 18.2 Å². The number of benzene rings is 2. The number of fused-ring (bicyclic) bond motifs is 2. The summed E-state index contributed by atoms with van der Waals surface area (Å²) >= 11 is 0. The van der Waals surface area contributed by atoms with Crippen LogP contribution in [-0.4, -0.2) is 45.2 Å². The quantitative estimate of drug-likeness (QED) is 0.626. The van der Waals surface area contributed by atoms with Crippen LogP contribution in [0.4, 0.5) is 5.69 Å². The molecule has 1 aromatic heterocycles. The Hall–Kier alpha value is -3.62. The van der Waals surface area contributed by atoms with Gasteiger partial charge in [0.05, 0.1) is 45.2 Å². The van der Waals surface area contributed by atoms with E-state index in [9.17, 15) is 0 Å². The van der Waals surface area contributed by atoms with Gasteiger partial charge in [-0.25, -0.2) is 0 Å². The van der Waals surface area contributed by atoms with Gasteiger partial charge in [0.1, 0.15) is 5.52 Å². The summed E-state index contributed by atoms with van der Waals surface area (Å²) in [5.41, 5.74) is 8.89. The van der Waals surface area contributed by atoms with Crippen LogP contribution >= 0.6 is 0 Å². The Balaban J connectivity index is 1.95. The molecule has 2 aromatic carbocycles. The highest BCUT2D eigenvalue weighted by molar-refractivity contribution is 6.02. The number of nitrogens with zero attached hydrogens (tertiary/aromatic N) is 2. The summed E-state index contributed by atoms with van der Waals surface area (Å²) in [6.45, 7) is 0.212. The molecule has 4 rings (SSSR count). The van der Waals surface area contributed by atoms with E-state index >= 15 is 0 Å². The van der Waals surface area contributed by atoms with E-state index in [2.05, 4.69) is 9.97 Å². The van der Waals surface area contributed by atoms with Crippen molar-refractivity contribution in [2.75, 3.05) is 41.0 Å². The second kappa shape index (κ2) is 7.42. The van der Waals surface area contributed by atoms with E-state index in [1.165, 1.54) is 28.4 Å². The topological polar surface area (TPSA) is 107 Å². The predicted octanol–water partition coefficient (Wildman–Crippen LogP) is 2.57. The Morgan fingerprint density at radius 2 is 1.62 bits per heavy atom. The van der Waals surface area contributed by atoms with Crippen molar-refractivity contribution in [1.29, 1.82) is 0 Å². The van der Waals surface area contributed by atoms with Crippen LogP contribution in [0, 0.1) is 0 Å². The molecule has 0 fully saturated rings. The van der Waals surface area contributed by atoms with Crippen LogP contribution in [0.1, 0.15) is 11.3 Å². The minimum Gasteiger partial charge on any atom is -0.491 e. The summed E-state index contributed by atoms with van der Waals surface area (Å²) in [5.74, 6) is 2.51. The van der Waals surface area contributed by atoms with Gasteiger partial charge in [-0.3, -0.25) is 0 Å². The number of aromatic nitrogens is 2. The van der Waals surface area contributed by atoms with Gasteiger partial charge in [0.25, 0.3) is 0 Å². The first-order chi connectivity index (χ1) is 14.1. The third-order valence-electron chi connectivity index (χ3n) is 4.71. The highest BCUT2D eigenvalue weighted by atomic mass is 16.7. The fourth-order valence-electron chi connectivity index (χ4n) is 3.42. The van der Waals surface area contributed by atoms with Crippen LogP contribution in [0.25, 0.3) is 10.9 Å². The van der Waals surface area contributed by atoms with Gasteiger partial charge in [-0.2, -0.15) is 9.97 Å². The van der Waals surface area contributed by atoms with Gasteiger partial charge < -0.3 is 34.2 Å². The fraction of sp³-hybridized carbons (Fsp3) is 0.300. The van der Waals surface area contributed by atoms with Gasteiger partial charge in [-0.1, -0.05) is 6.07 Å². The minimum absolute atomic E-state index is 0.193. The highest BCUT2D eigenvalue weighted by Crippen LogP contribution is 2.49. The average molecular weight is 399 g/mol. The van der Waals surface area contributed by atoms with E-state index < -0.39 is 0 Å². The summed E-state index contributed by atoms with van der Waals surface area (Å²) in [4.78, 5) is 8.99. The molecule has 0 saturated heterocycles. The first-order valence-corrected chi connectivity index (χ1v) is 8.81. The number of methoxy groups -OCH3 is 4. The van der Waals surface area contributed by atoms with Crippen LogP contribution in [0.2, 0.25) is 0 Å². The zero-order chi connectivity index (χ0) is 20.5. The number of hydrogen-bond acceptors (Lipinski definition) is 9. The lowest BCUT2D eigenvalue weighted by molar-refractivity contribution is 0.174. The fourth-order valence-corrected chi connectivity index (χ4v) is 3.42. The standard InChI is InChI=1S/C20H21N3O6/c1-24-17-15(21)14-11(7-10-5-6-12-13(8-10)29-9-28-12)22-20(27-4)23-16(14)18(25-2)19(17)26-3/h5-6,8H,7,9,21H2,1-4H3. The molecule has 0 saturated carbocycles. The first-order valence-electron chi connectivity index (χ1n) is 8.81. The largest absolute Gasteiger partial charge is 0.491 e. The maximum Gasteiger partial charge on any atom is 0.317 e. The molecular weight excluding hydrogens is 378 g/mol. The van der Waals surface area contributed by atoms with Crippen molar-refractivity contribution >= 4 is 16.6 Å². The molecule has 0 spiro atoms. The molecule has 1 aliphatic rings. The second-order valence-corrected chi connectivity index (χ2v) is 6.26. The number of nitrogen functional groups attached to an aromatic ring is 1. The summed E-state index contributed by atoms with van der Waals surface area (Å²) in [7, 11) is 6.06. The molecule has 2 N–H and O–H groups in total. The normalized spacial score (nSPS) is 12.1. The predicted molar refractivity (Wildman–Crippen MR) is 106 cm³/mol. The molecule has 3 aromatic rings. The molecule has 0 atom stereocenters. The van der Waals surface area contributed by atoms with Gasteiger partial charge in [0.15, 0.2) is 23.0 Å². The molecule has 29 heavy (non-hydrogen) atoms. The van der Waals surface area contributed by atoms with Crippen molar-refractivity contribution in [3.63, 3.8) is 0 Å². The molecule has 0 bridgehead atoms. The van der Waals surface area contributed by atoms with Gasteiger partial charge in [-0.15, -0.1) is 0 Å². The van der Waals surface area contributed by atoms with E-state index in [1.54, 1.807) is 0 Å². The molecule has 0 unspecified atom stereocenters. The van der Waals surface area contributed by atoms with Gasteiger partial charge >= 0.3 is 6.01 Å². The van der Waals surface area contributed by atoms with Crippen LogP contribution in [-0.2, 0) is 6.42 Å². The van der Waals surface area contributed by atoms with E-state index in [-0.39, 0.29) is 12.8 Å². The van der Waals surface area contributed by atoms with Crippen molar-refractivity contribution in [2.24, 2.45) is 0 Å². The number of rotatable bonds is 6. The maximum absolute atomic E-state index is 6.44. The van der Waals surface area contributed by atoms with E-state index in [0.717, 1.165) is 5.56 Å². The van der Waals surface area contributed by atoms with E-state index in [0.29, 0.717) is 57.5 Å². The van der Waals surface area contributed by atoms with Gasteiger partial charge in [-0.05, 0) is 17.7 Å². The third kappa shape index (κ3) is 3.04. The molecule has 9 heteroatoms. The SMILES string of the molecule is COc1nc(Cc2ccc3c(c2)OCO3)c2c(N)c(OC)c(OC)c(OC)c2n1. The zero-order valence-corrected chi connectivity index (χ0v) is 16.6. The van der Waals surface area contributed by atoms with E-state index in [1.807, 2.05) is 18.2 Å². The van der Waals surface area contributed by atoms with Gasteiger partial charge in [0.2, 0.25) is 12.5 Å². The molecule has 9 nitrogen and oxygen atoms in total. The third-order valence-corrected chi connectivity index (χ3v) is 4.71. The number of hydrogen-bond donors (Lipinski definition) is 1. The van der Waals surface area contributed by atoms with Crippen LogP contribution in [0.3, 0.4) is 0 Å². The lowest BCUT2D eigenvalue weighted by atomic mass is 10.0. The van der Waals surface area contributed by atoms with Crippen molar-refractivity contribution in [3.8, 4) is 34.8 Å². The Labute approximate surface area is 167 Å². The highest BCUT2D eigenvalue weighted by Gasteiger charge is 2.25. The Morgan fingerprint density at radius 3 is 2.31 bits per heavy atom. The molecule has 0 radical (unpaired) electrons. The minimum atomic E-state index is 0.193. The number of ether oxygens (including phenoxy) is 6. The summed E-state index contributed by atoms with van der Waals surface area (Å²) in [5, 5.41) is 0.609. The Morgan fingerprint density at radius 1 is 0.897 bits per heavy atom. The molecular formula is C20H21N3O6. The monoisotopic (exact) mass is 399 g/mol. The first kappa shape index (κ1) is 18.7. The van der Waals surface area contributed by atoms with Crippen molar-refractivity contribution in [3.05, 3.63) is 29.5 Å². The number of nitrogens with two attached hydrogens (primary N) is 1. The van der Waals surface area contributed by atoms with Crippen LogP contribution < -0.4 is 34.2 Å². The van der Waals surface area contributed by atoms with Crippen molar-refractivity contribution in [2.45, 2.75) is 6.42 Å². The summed E-state index contributed by atoms with van der Waals surface area (Å²) < 4.78 is 32.7. The average Bonchev–Trinajstić information content (AvgIpc) is 3.20. The summed E-state index contributed by atoms with van der Waals surface area (Å²) in [6.07, 6.45) is 0.453. The second-order valence-electron chi connectivity index (χ2n) is 6.26. The van der Waals surface area contributed by atoms with Gasteiger partial charge in [0, 0.05) is 6.42 Å². The molecule has 0 amide bonds. The Kier molecular flexibility index (Phi) is 4.79. The molecule has 1 aliphatic heterocycles. The molecule has 2 heterocycles. The molecule has 0 aliphatic carbocycles. The lowest BCUT2D eigenvalue weighted by Gasteiger charge is -2.18. The maximum atomic E-state index is 6.44. The van der Waals surface area contributed by atoms with Crippen molar-refractivity contribution < 1.29 is 28.4 Å². The zero-order valence-electron chi connectivity index (χ0n) is 16.6. The molecule has 152 valence electrons. The smallest absolute Gasteiger partial charge is 0.317 e. The van der Waals surface area contributed by atoms with E-state index in [4.69, 9.17) is 34.2 Å². The summed E-state index contributed by atoms with van der Waals surface area (Å²) in [6, 6.07) is 5.92. The lowest BCUT2D eigenvalue weighted by Crippen LogP contribution is -2.07.